The summed E-state index contributed by atoms with van der Waals surface area (Å²) in [5, 5.41) is 0. The van der Waals surface area contributed by atoms with Gasteiger partial charge >= 0.3 is 0 Å². The number of fused-ring (bicyclic) bond motifs is 1. The summed E-state index contributed by atoms with van der Waals surface area (Å²) in [7, 11) is -3.52. The van der Waals surface area contributed by atoms with Gasteiger partial charge in [0.1, 0.15) is 0 Å². The molecule has 0 fully saturated rings. The van der Waals surface area contributed by atoms with E-state index < -0.39 is 10.0 Å². The Bertz CT molecular complexity index is 796. The summed E-state index contributed by atoms with van der Waals surface area (Å²) >= 11 is 0. The molecule has 0 spiro atoms. The molecule has 0 amide bonds. The first-order valence-electron chi connectivity index (χ1n) is 7.11. The van der Waals surface area contributed by atoms with Crippen LogP contribution in [-0.2, 0) is 16.4 Å². The summed E-state index contributed by atoms with van der Waals surface area (Å²) in [4.78, 5) is 0.400. The number of hydrogen-bond donors (Lipinski definition) is 0. The fourth-order valence-electron chi connectivity index (χ4n) is 3.10. The van der Waals surface area contributed by atoms with Gasteiger partial charge in [-0.2, -0.15) is 0 Å². The summed E-state index contributed by atoms with van der Waals surface area (Å²) in [6.45, 7) is 5.78. The van der Waals surface area contributed by atoms with E-state index in [2.05, 4.69) is 0 Å². The Hall–Kier alpha value is -1.81. The van der Waals surface area contributed by atoms with Crippen molar-refractivity contribution in [2.24, 2.45) is 0 Å². The maximum Gasteiger partial charge on any atom is 0.264 e. The molecule has 2 aromatic rings. The highest BCUT2D eigenvalue weighted by molar-refractivity contribution is 7.93. The van der Waals surface area contributed by atoms with Crippen LogP contribution in [0, 0.1) is 13.8 Å². The molecular formula is C17H19NO2S. The lowest BCUT2D eigenvalue weighted by atomic mass is 10.1. The molecule has 21 heavy (non-hydrogen) atoms. The van der Waals surface area contributed by atoms with Crippen LogP contribution in [0.15, 0.2) is 47.4 Å². The minimum Gasteiger partial charge on any atom is -0.263 e. The van der Waals surface area contributed by atoms with Crippen molar-refractivity contribution in [1.82, 2.24) is 0 Å². The fourth-order valence-corrected chi connectivity index (χ4v) is 5.00. The quantitative estimate of drug-likeness (QED) is 0.852. The van der Waals surface area contributed by atoms with Crippen molar-refractivity contribution in [2.45, 2.75) is 38.1 Å². The molecule has 2 aromatic carbocycles. The van der Waals surface area contributed by atoms with E-state index in [1.54, 1.807) is 10.4 Å². The number of benzene rings is 2. The van der Waals surface area contributed by atoms with Crippen molar-refractivity contribution in [3.8, 4) is 0 Å². The summed E-state index contributed by atoms with van der Waals surface area (Å²) < 4.78 is 27.7. The topological polar surface area (TPSA) is 37.4 Å². The van der Waals surface area contributed by atoms with Crippen LogP contribution in [0.4, 0.5) is 5.69 Å². The zero-order valence-electron chi connectivity index (χ0n) is 12.5. The van der Waals surface area contributed by atoms with Crippen LogP contribution in [-0.4, -0.2) is 14.5 Å². The van der Waals surface area contributed by atoms with Crippen molar-refractivity contribution in [1.29, 1.82) is 0 Å². The minimum atomic E-state index is -3.52. The molecule has 0 aromatic heterocycles. The second-order valence-electron chi connectivity index (χ2n) is 5.75. The first-order chi connectivity index (χ1) is 9.91. The Balaban J connectivity index is 2.15. The largest absolute Gasteiger partial charge is 0.264 e. The van der Waals surface area contributed by atoms with Gasteiger partial charge in [0.05, 0.1) is 10.6 Å². The first-order valence-corrected chi connectivity index (χ1v) is 8.55. The van der Waals surface area contributed by atoms with Gasteiger partial charge in [0, 0.05) is 6.04 Å². The first kappa shape index (κ1) is 14.1. The van der Waals surface area contributed by atoms with Crippen molar-refractivity contribution < 1.29 is 8.42 Å². The third-order valence-corrected chi connectivity index (χ3v) is 6.10. The van der Waals surface area contributed by atoms with Crippen LogP contribution in [0.2, 0.25) is 0 Å². The third-order valence-electron chi connectivity index (χ3n) is 4.01. The maximum atomic E-state index is 13.1. The lowest BCUT2D eigenvalue weighted by Crippen LogP contribution is -2.36. The Morgan fingerprint density at radius 2 is 1.81 bits per heavy atom. The molecule has 0 bridgehead atoms. The van der Waals surface area contributed by atoms with Crippen molar-refractivity contribution in [3.63, 3.8) is 0 Å². The van der Waals surface area contributed by atoms with E-state index in [4.69, 9.17) is 0 Å². The number of anilines is 1. The smallest absolute Gasteiger partial charge is 0.263 e. The van der Waals surface area contributed by atoms with E-state index in [0.717, 1.165) is 28.8 Å². The number of para-hydroxylation sites is 1. The predicted octanol–water partition coefficient (Wildman–Crippen LogP) is 3.44. The van der Waals surface area contributed by atoms with E-state index in [1.807, 2.05) is 57.2 Å². The molecule has 1 heterocycles. The molecule has 0 saturated heterocycles. The molecular weight excluding hydrogens is 282 g/mol. The van der Waals surface area contributed by atoms with Gasteiger partial charge in [-0.3, -0.25) is 4.31 Å². The SMILES string of the molecule is Cc1ccc(S(=O)(=O)N2c3ccccc3C[C@H]2C)c(C)c1. The van der Waals surface area contributed by atoms with Crippen molar-refractivity contribution in [2.75, 3.05) is 4.31 Å². The van der Waals surface area contributed by atoms with Crippen molar-refractivity contribution >= 4 is 15.7 Å². The van der Waals surface area contributed by atoms with Gasteiger partial charge in [-0.1, -0.05) is 35.9 Å². The molecule has 0 N–H and O–H groups in total. The van der Waals surface area contributed by atoms with Crippen LogP contribution in [0.5, 0.6) is 0 Å². The van der Waals surface area contributed by atoms with Gasteiger partial charge in [-0.05, 0) is 50.5 Å². The molecule has 1 atom stereocenters. The number of hydrogen-bond acceptors (Lipinski definition) is 2. The molecule has 0 aliphatic carbocycles. The highest BCUT2D eigenvalue weighted by Gasteiger charge is 2.36. The zero-order valence-corrected chi connectivity index (χ0v) is 13.3. The molecule has 1 aliphatic heterocycles. The third kappa shape index (κ3) is 2.23. The number of nitrogens with zero attached hydrogens (tertiary/aromatic N) is 1. The van der Waals surface area contributed by atoms with Gasteiger partial charge in [-0.15, -0.1) is 0 Å². The normalized spacial score (nSPS) is 17.9. The highest BCUT2D eigenvalue weighted by atomic mass is 32.2. The lowest BCUT2D eigenvalue weighted by molar-refractivity contribution is 0.583. The second kappa shape index (κ2) is 4.88. The summed E-state index contributed by atoms with van der Waals surface area (Å²) in [6, 6.07) is 13.2. The Morgan fingerprint density at radius 3 is 2.52 bits per heavy atom. The average molecular weight is 301 g/mol. The van der Waals surface area contributed by atoms with E-state index >= 15 is 0 Å². The van der Waals surface area contributed by atoms with E-state index in [1.165, 1.54) is 0 Å². The molecule has 0 unspecified atom stereocenters. The van der Waals surface area contributed by atoms with E-state index in [-0.39, 0.29) is 6.04 Å². The van der Waals surface area contributed by atoms with Gasteiger partial charge < -0.3 is 0 Å². The van der Waals surface area contributed by atoms with Crippen LogP contribution < -0.4 is 4.31 Å². The Kier molecular flexibility index (Phi) is 3.29. The van der Waals surface area contributed by atoms with Crippen LogP contribution >= 0.6 is 0 Å². The van der Waals surface area contributed by atoms with Crippen molar-refractivity contribution in [3.05, 3.63) is 59.2 Å². The molecule has 4 heteroatoms. The molecule has 110 valence electrons. The monoisotopic (exact) mass is 301 g/mol. The maximum absolute atomic E-state index is 13.1. The summed E-state index contributed by atoms with van der Waals surface area (Å²) in [5.41, 5.74) is 3.77. The van der Waals surface area contributed by atoms with Gasteiger partial charge in [0.2, 0.25) is 0 Å². The van der Waals surface area contributed by atoms with E-state index in [9.17, 15) is 8.42 Å². The van der Waals surface area contributed by atoms with Crippen LogP contribution in [0.3, 0.4) is 0 Å². The van der Waals surface area contributed by atoms with Crippen LogP contribution in [0.1, 0.15) is 23.6 Å². The lowest BCUT2D eigenvalue weighted by Gasteiger charge is -2.25. The Labute approximate surface area is 126 Å². The van der Waals surface area contributed by atoms with Gasteiger partial charge in [0.25, 0.3) is 10.0 Å². The van der Waals surface area contributed by atoms with Gasteiger partial charge in [-0.25, -0.2) is 8.42 Å². The minimum absolute atomic E-state index is 0.0481. The molecule has 1 aliphatic rings. The average Bonchev–Trinajstić information content (AvgIpc) is 2.74. The number of aryl methyl sites for hydroxylation is 2. The molecule has 3 nitrogen and oxygen atoms in total. The fraction of sp³-hybridized carbons (Fsp3) is 0.294. The molecule has 0 radical (unpaired) electrons. The highest BCUT2D eigenvalue weighted by Crippen LogP contribution is 2.37. The molecule has 0 saturated carbocycles. The second-order valence-corrected chi connectivity index (χ2v) is 7.54. The van der Waals surface area contributed by atoms with E-state index in [0.29, 0.717) is 4.90 Å². The Morgan fingerprint density at radius 1 is 1.10 bits per heavy atom. The molecule has 3 rings (SSSR count). The summed E-state index contributed by atoms with van der Waals surface area (Å²) in [5.74, 6) is 0. The van der Waals surface area contributed by atoms with Gasteiger partial charge in [0.15, 0.2) is 0 Å². The van der Waals surface area contributed by atoms with Crippen LogP contribution in [0.25, 0.3) is 0 Å². The summed E-state index contributed by atoms with van der Waals surface area (Å²) in [6.07, 6.45) is 0.764. The standard InChI is InChI=1S/C17H19NO2S/c1-12-8-9-17(13(2)10-12)21(19,20)18-14(3)11-15-6-4-5-7-16(15)18/h4-10,14H,11H2,1-3H3/t14-/m1/s1. The number of rotatable bonds is 2. The number of sulfonamides is 1. The predicted molar refractivity (Wildman–Crippen MR) is 85.2 cm³/mol. The zero-order chi connectivity index (χ0) is 15.2.